The first kappa shape index (κ1) is 18.5. The van der Waals surface area contributed by atoms with Crippen LogP contribution in [0, 0.1) is 0 Å². The molecule has 0 unspecified atom stereocenters. The van der Waals surface area contributed by atoms with Gasteiger partial charge in [0.05, 0.1) is 0 Å². The molecule has 3 aromatic rings. The molecule has 29 heavy (non-hydrogen) atoms. The van der Waals surface area contributed by atoms with Crippen LogP contribution in [0.5, 0.6) is 11.5 Å². The SMILES string of the molecule is CC(C)(C)N1CCn2c(cc(-c3ccc(Oc4ccccc4)cc3)c2C2CC2)C1. The van der Waals surface area contributed by atoms with E-state index >= 15 is 0 Å². The average molecular weight is 387 g/mol. The minimum Gasteiger partial charge on any atom is -0.457 e. The molecule has 0 spiro atoms. The third kappa shape index (κ3) is 3.72. The van der Waals surface area contributed by atoms with Gasteiger partial charge in [0.1, 0.15) is 11.5 Å². The first-order valence-corrected chi connectivity index (χ1v) is 10.8. The van der Waals surface area contributed by atoms with Crippen LogP contribution in [0.2, 0.25) is 0 Å². The Morgan fingerprint density at radius 3 is 2.21 bits per heavy atom. The summed E-state index contributed by atoms with van der Waals surface area (Å²) in [4.78, 5) is 2.60. The van der Waals surface area contributed by atoms with E-state index < -0.39 is 0 Å². The van der Waals surface area contributed by atoms with Crippen LogP contribution in [0.25, 0.3) is 11.1 Å². The van der Waals surface area contributed by atoms with Crippen molar-refractivity contribution >= 4 is 0 Å². The van der Waals surface area contributed by atoms with Crippen LogP contribution in [0.4, 0.5) is 0 Å². The fourth-order valence-corrected chi connectivity index (χ4v) is 4.44. The highest BCUT2D eigenvalue weighted by molar-refractivity contribution is 5.70. The molecule has 1 aliphatic carbocycles. The van der Waals surface area contributed by atoms with Gasteiger partial charge in [-0.2, -0.15) is 0 Å². The molecule has 2 aromatic carbocycles. The number of hydrogen-bond donors (Lipinski definition) is 0. The van der Waals surface area contributed by atoms with Gasteiger partial charge in [0, 0.05) is 42.1 Å². The van der Waals surface area contributed by atoms with E-state index in [-0.39, 0.29) is 5.54 Å². The summed E-state index contributed by atoms with van der Waals surface area (Å²) in [6, 6.07) is 21.0. The van der Waals surface area contributed by atoms with E-state index in [1.807, 2.05) is 30.3 Å². The monoisotopic (exact) mass is 386 g/mol. The van der Waals surface area contributed by atoms with Gasteiger partial charge in [-0.1, -0.05) is 30.3 Å². The van der Waals surface area contributed by atoms with Gasteiger partial charge in [0.15, 0.2) is 0 Å². The second kappa shape index (κ2) is 7.07. The quantitative estimate of drug-likeness (QED) is 0.513. The minimum absolute atomic E-state index is 0.214. The molecule has 1 fully saturated rings. The summed E-state index contributed by atoms with van der Waals surface area (Å²) in [7, 11) is 0. The van der Waals surface area contributed by atoms with E-state index in [1.165, 1.54) is 29.7 Å². The molecule has 0 radical (unpaired) electrons. The van der Waals surface area contributed by atoms with Gasteiger partial charge in [0.25, 0.3) is 0 Å². The van der Waals surface area contributed by atoms with Crippen molar-refractivity contribution in [1.82, 2.24) is 9.47 Å². The molecule has 3 heteroatoms. The standard InChI is InChI=1S/C26H30N2O/c1-26(2,3)27-15-16-28-21(18-27)17-24(25(28)20-9-10-20)19-11-13-23(14-12-19)29-22-7-5-4-6-8-22/h4-8,11-14,17,20H,9-10,15-16,18H2,1-3H3. The highest BCUT2D eigenvalue weighted by atomic mass is 16.5. The van der Waals surface area contributed by atoms with Crippen molar-refractivity contribution in [2.45, 2.75) is 58.2 Å². The Morgan fingerprint density at radius 1 is 0.862 bits per heavy atom. The Kier molecular flexibility index (Phi) is 4.51. The molecule has 0 N–H and O–H groups in total. The molecule has 0 amide bonds. The molecule has 0 bridgehead atoms. The molecule has 0 saturated heterocycles. The number of benzene rings is 2. The molecule has 1 aliphatic heterocycles. The van der Waals surface area contributed by atoms with Crippen molar-refractivity contribution in [3.8, 4) is 22.6 Å². The van der Waals surface area contributed by atoms with Gasteiger partial charge in [-0.15, -0.1) is 0 Å². The van der Waals surface area contributed by atoms with Gasteiger partial charge in [-0.05, 0) is 75.4 Å². The van der Waals surface area contributed by atoms with Gasteiger partial charge in [0.2, 0.25) is 0 Å². The van der Waals surface area contributed by atoms with Crippen LogP contribution in [0.1, 0.15) is 50.9 Å². The fourth-order valence-electron chi connectivity index (χ4n) is 4.44. The smallest absolute Gasteiger partial charge is 0.127 e. The van der Waals surface area contributed by atoms with Crippen LogP contribution in [-0.2, 0) is 13.1 Å². The zero-order valence-electron chi connectivity index (χ0n) is 17.7. The second-order valence-electron chi connectivity index (χ2n) is 9.39. The van der Waals surface area contributed by atoms with Crippen LogP contribution >= 0.6 is 0 Å². The number of aromatic nitrogens is 1. The average Bonchev–Trinajstić information content (AvgIpc) is 3.48. The highest BCUT2D eigenvalue weighted by Gasteiger charge is 2.34. The zero-order valence-corrected chi connectivity index (χ0v) is 17.7. The topological polar surface area (TPSA) is 17.4 Å². The fraction of sp³-hybridized carbons (Fsp3) is 0.385. The van der Waals surface area contributed by atoms with Crippen molar-refractivity contribution in [3.05, 3.63) is 72.1 Å². The van der Waals surface area contributed by atoms with E-state index in [4.69, 9.17) is 4.74 Å². The number of ether oxygens (including phenoxy) is 1. The van der Waals surface area contributed by atoms with Gasteiger partial charge in [-0.25, -0.2) is 0 Å². The van der Waals surface area contributed by atoms with E-state index in [1.54, 1.807) is 5.69 Å². The summed E-state index contributed by atoms with van der Waals surface area (Å²) in [5.41, 5.74) is 5.96. The first-order valence-electron chi connectivity index (χ1n) is 10.8. The van der Waals surface area contributed by atoms with Crippen molar-refractivity contribution in [2.75, 3.05) is 6.54 Å². The largest absolute Gasteiger partial charge is 0.457 e. The third-order valence-corrected chi connectivity index (χ3v) is 6.23. The van der Waals surface area contributed by atoms with E-state index in [0.29, 0.717) is 0 Å². The summed E-state index contributed by atoms with van der Waals surface area (Å²) in [6.45, 7) is 10.2. The van der Waals surface area contributed by atoms with Crippen molar-refractivity contribution in [3.63, 3.8) is 0 Å². The number of rotatable bonds is 4. The summed E-state index contributed by atoms with van der Waals surface area (Å²) >= 11 is 0. The lowest BCUT2D eigenvalue weighted by atomic mass is 10.0. The molecule has 1 aromatic heterocycles. The van der Waals surface area contributed by atoms with Crippen molar-refractivity contribution < 1.29 is 4.74 Å². The molecule has 1 saturated carbocycles. The summed E-state index contributed by atoms with van der Waals surface area (Å²) in [6.07, 6.45) is 2.66. The van der Waals surface area contributed by atoms with E-state index in [9.17, 15) is 0 Å². The Balaban J connectivity index is 1.44. The summed E-state index contributed by atoms with van der Waals surface area (Å²) in [5.74, 6) is 2.50. The molecule has 2 heterocycles. The zero-order chi connectivity index (χ0) is 20.0. The molecule has 3 nitrogen and oxygen atoms in total. The van der Waals surface area contributed by atoms with Crippen LogP contribution < -0.4 is 4.74 Å². The molecule has 5 rings (SSSR count). The predicted octanol–water partition coefficient (Wildman–Crippen LogP) is 6.44. The lowest BCUT2D eigenvalue weighted by Gasteiger charge is -2.39. The number of nitrogens with zero attached hydrogens (tertiary/aromatic N) is 2. The van der Waals surface area contributed by atoms with Crippen molar-refractivity contribution in [2.24, 2.45) is 0 Å². The Morgan fingerprint density at radius 2 is 1.55 bits per heavy atom. The maximum Gasteiger partial charge on any atom is 0.127 e. The third-order valence-electron chi connectivity index (χ3n) is 6.23. The van der Waals surface area contributed by atoms with Crippen LogP contribution in [0.3, 0.4) is 0 Å². The van der Waals surface area contributed by atoms with Crippen LogP contribution in [0.15, 0.2) is 60.7 Å². The van der Waals surface area contributed by atoms with Crippen LogP contribution in [-0.4, -0.2) is 21.6 Å². The minimum atomic E-state index is 0.214. The lowest BCUT2D eigenvalue weighted by molar-refractivity contribution is 0.102. The van der Waals surface area contributed by atoms with E-state index in [0.717, 1.165) is 37.1 Å². The molecule has 2 aliphatic rings. The molecule has 0 atom stereocenters. The Bertz CT molecular complexity index is 992. The Hall–Kier alpha value is -2.52. The number of para-hydroxylation sites is 1. The number of hydrogen-bond acceptors (Lipinski definition) is 2. The van der Waals surface area contributed by atoms with Gasteiger partial charge >= 0.3 is 0 Å². The molecule has 150 valence electrons. The van der Waals surface area contributed by atoms with Crippen molar-refractivity contribution in [1.29, 1.82) is 0 Å². The van der Waals surface area contributed by atoms with E-state index in [2.05, 4.69) is 60.6 Å². The number of fused-ring (bicyclic) bond motifs is 1. The lowest BCUT2D eigenvalue weighted by Crippen LogP contribution is -2.45. The normalized spacial score (nSPS) is 17.2. The van der Waals surface area contributed by atoms with Gasteiger partial charge < -0.3 is 9.30 Å². The summed E-state index contributed by atoms with van der Waals surface area (Å²) in [5, 5.41) is 0. The Labute approximate surface area is 173 Å². The molecular weight excluding hydrogens is 356 g/mol. The maximum absolute atomic E-state index is 5.98. The maximum atomic E-state index is 5.98. The summed E-state index contributed by atoms with van der Waals surface area (Å²) < 4.78 is 8.59. The highest BCUT2D eigenvalue weighted by Crippen LogP contribution is 2.47. The second-order valence-corrected chi connectivity index (χ2v) is 9.39. The van der Waals surface area contributed by atoms with Gasteiger partial charge in [-0.3, -0.25) is 4.90 Å². The first-order chi connectivity index (χ1) is 14.0. The molecular formula is C26H30N2O. The predicted molar refractivity (Wildman–Crippen MR) is 119 cm³/mol.